The third kappa shape index (κ3) is 5.41. The Morgan fingerprint density at radius 2 is 1.90 bits per heavy atom. The maximum Gasteiger partial charge on any atom is 0.335 e. The van der Waals surface area contributed by atoms with Crippen LogP contribution in [0, 0.1) is 20.7 Å². The van der Waals surface area contributed by atoms with Gasteiger partial charge in [-0.1, -0.05) is 30.3 Å². The molecule has 0 aromatic heterocycles. The Balaban J connectivity index is 1.87. The van der Waals surface area contributed by atoms with E-state index >= 15 is 0 Å². The molecule has 7 heteroatoms. The van der Waals surface area contributed by atoms with Crippen LogP contribution in [-0.4, -0.2) is 18.2 Å². The number of carbonyl (C=O) groups is 1. The van der Waals surface area contributed by atoms with Crippen molar-refractivity contribution in [3.05, 3.63) is 92.3 Å². The number of halogens is 2. The highest BCUT2D eigenvalue weighted by atomic mass is 127. The van der Waals surface area contributed by atoms with E-state index in [2.05, 4.69) is 22.6 Å². The lowest BCUT2D eigenvalue weighted by molar-refractivity contribution is 0.0697. The maximum atomic E-state index is 14.1. The number of aromatic carboxylic acids is 1. The van der Waals surface area contributed by atoms with Gasteiger partial charge in [0, 0.05) is 5.56 Å². The van der Waals surface area contributed by atoms with Gasteiger partial charge >= 0.3 is 5.97 Å². The number of nitriles is 1. The minimum absolute atomic E-state index is 0.197. The number of carboxylic acid groups (broad SMARTS) is 1. The molecule has 31 heavy (non-hydrogen) atoms. The summed E-state index contributed by atoms with van der Waals surface area (Å²) in [7, 11) is 1.51. The molecule has 0 fully saturated rings. The van der Waals surface area contributed by atoms with Crippen LogP contribution in [0.4, 0.5) is 4.39 Å². The van der Waals surface area contributed by atoms with E-state index in [1.807, 2.05) is 12.1 Å². The molecule has 0 aliphatic rings. The van der Waals surface area contributed by atoms with Gasteiger partial charge < -0.3 is 14.6 Å². The molecule has 156 valence electrons. The topological polar surface area (TPSA) is 79.5 Å². The van der Waals surface area contributed by atoms with E-state index in [1.54, 1.807) is 42.5 Å². The van der Waals surface area contributed by atoms with Gasteiger partial charge in [-0.15, -0.1) is 0 Å². The lowest BCUT2D eigenvalue weighted by Crippen LogP contribution is -2.01. The average molecular weight is 529 g/mol. The first-order valence-electron chi connectivity index (χ1n) is 9.12. The minimum atomic E-state index is -0.987. The summed E-state index contributed by atoms with van der Waals surface area (Å²) in [6.07, 6.45) is 1.59. The summed E-state index contributed by atoms with van der Waals surface area (Å²) in [5.41, 5.74) is 2.10. The molecule has 0 heterocycles. The van der Waals surface area contributed by atoms with Gasteiger partial charge in [0.15, 0.2) is 11.5 Å². The summed E-state index contributed by atoms with van der Waals surface area (Å²) in [5.74, 6) is -0.469. The molecule has 0 radical (unpaired) electrons. The Kier molecular flexibility index (Phi) is 7.26. The summed E-state index contributed by atoms with van der Waals surface area (Å²) in [6.45, 7) is 0.222. The van der Waals surface area contributed by atoms with Gasteiger partial charge in [-0.05, 0) is 70.1 Å². The molecule has 0 atom stereocenters. The van der Waals surface area contributed by atoms with Gasteiger partial charge in [0.2, 0.25) is 0 Å². The minimum Gasteiger partial charge on any atom is -0.493 e. The summed E-state index contributed by atoms with van der Waals surface area (Å²) in [6, 6.07) is 18.1. The lowest BCUT2D eigenvalue weighted by atomic mass is 10.0. The highest BCUT2D eigenvalue weighted by Crippen LogP contribution is 2.35. The van der Waals surface area contributed by atoms with Gasteiger partial charge in [0.05, 0.1) is 27.9 Å². The van der Waals surface area contributed by atoms with Crippen LogP contribution in [0.5, 0.6) is 11.5 Å². The second-order valence-electron chi connectivity index (χ2n) is 6.47. The first-order chi connectivity index (χ1) is 14.9. The highest BCUT2D eigenvalue weighted by Gasteiger charge is 2.13. The Morgan fingerprint density at radius 3 is 2.52 bits per heavy atom. The largest absolute Gasteiger partial charge is 0.493 e. The zero-order valence-corrected chi connectivity index (χ0v) is 18.6. The number of carboxylic acids is 1. The fraction of sp³-hybridized carbons (Fsp3) is 0.0833. The summed E-state index contributed by atoms with van der Waals surface area (Å²) in [4.78, 5) is 11.0. The molecule has 3 aromatic rings. The lowest BCUT2D eigenvalue weighted by Gasteiger charge is -2.14. The first kappa shape index (κ1) is 22.3. The zero-order valence-electron chi connectivity index (χ0n) is 16.4. The molecule has 3 rings (SSSR count). The van der Waals surface area contributed by atoms with E-state index in [1.165, 1.54) is 25.3 Å². The Bertz CT molecular complexity index is 1180. The number of nitrogens with zero attached hydrogens (tertiary/aromatic N) is 1. The molecule has 0 unspecified atom stereocenters. The second kappa shape index (κ2) is 10.1. The maximum absolute atomic E-state index is 14.1. The fourth-order valence-corrected chi connectivity index (χ4v) is 3.66. The van der Waals surface area contributed by atoms with E-state index in [0.717, 1.165) is 9.13 Å². The molecule has 0 aliphatic heterocycles. The summed E-state index contributed by atoms with van der Waals surface area (Å²) < 4.78 is 26.2. The third-order valence-corrected chi connectivity index (χ3v) is 5.23. The van der Waals surface area contributed by atoms with Crippen molar-refractivity contribution in [3.63, 3.8) is 0 Å². The Hall–Kier alpha value is -3.38. The van der Waals surface area contributed by atoms with Gasteiger partial charge in [-0.3, -0.25) is 0 Å². The van der Waals surface area contributed by atoms with Crippen LogP contribution in [0.15, 0.2) is 60.7 Å². The predicted molar refractivity (Wildman–Crippen MR) is 123 cm³/mol. The molecule has 0 saturated carbocycles. The number of rotatable bonds is 7. The summed E-state index contributed by atoms with van der Waals surface area (Å²) >= 11 is 2.10. The standard InChI is InChI=1S/C24H17FINO4/c1-30-22-12-16(10-18(13-27)19-4-2-3-5-20(19)25)11-21(26)23(22)31-14-15-6-8-17(9-7-15)24(28)29/h2-12H,14H2,1H3,(H,28,29)/b18-10-. The van der Waals surface area contributed by atoms with Crippen LogP contribution < -0.4 is 9.47 Å². The Labute approximate surface area is 192 Å². The van der Waals surface area contributed by atoms with Gasteiger partial charge in [0.25, 0.3) is 0 Å². The molecular weight excluding hydrogens is 512 g/mol. The van der Waals surface area contributed by atoms with Gasteiger partial charge in [0.1, 0.15) is 12.4 Å². The average Bonchev–Trinajstić information content (AvgIpc) is 2.77. The van der Waals surface area contributed by atoms with E-state index < -0.39 is 11.8 Å². The SMILES string of the molecule is COc1cc(/C=C(/C#N)c2ccccc2F)cc(I)c1OCc1ccc(C(=O)O)cc1. The molecule has 3 aromatic carbocycles. The van der Waals surface area contributed by atoms with Crippen molar-refractivity contribution < 1.29 is 23.8 Å². The monoisotopic (exact) mass is 529 g/mol. The van der Waals surface area contributed by atoms with Crippen LogP contribution in [0.3, 0.4) is 0 Å². The smallest absolute Gasteiger partial charge is 0.335 e. The van der Waals surface area contributed by atoms with E-state index in [4.69, 9.17) is 14.6 Å². The van der Waals surface area contributed by atoms with Gasteiger partial charge in [-0.2, -0.15) is 5.26 Å². The Morgan fingerprint density at radius 1 is 1.19 bits per heavy atom. The van der Waals surface area contributed by atoms with Crippen molar-refractivity contribution in [1.82, 2.24) is 0 Å². The van der Waals surface area contributed by atoms with Crippen molar-refractivity contribution in [3.8, 4) is 17.6 Å². The van der Waals surface area contributed by atoms with E-state index in [-0.39, 0.29) is 23.3 Å². The van der Waals surface area contributed by atoms with Crippen LogP contribution in [-0.2, 0) is 6.61 Å². The number of ether oxygens (including phenoxy) is 2. The normalized spacial score (nSPS) is 11.0. The quantitative estimate of drug-likeness (QED) is 0.239. The van der Waals surface area contributed by atoms with Crippen molar-refractivity contribution in [1.29, 1.82) is 5.26 Å². The summed E-state index contributed by atoms with van der Waals surface area (Å²) in [5, 5.41) is 18.5. The molecule has 0 spiro atoms. The van der Waals surface area contributed by atoms with Crippen LogP contribution in [0.25, 0.3) is 11.6 Å². The first-order valence-corrected chi connectivity index (χ1v) is 10.2. The van der Waals surface area contributed by atoms with Crippen LogP contribution >= 0.6 is 22.6 Å². The second-order valence-corrected chi connectivity index (χ2v) is 7.64. The van der Waals surface area contributed by atoms with Crippen LogP contribution in [0.1, 0.15) is 27.0 Å². The van der Waals surface area contributed by atoms with Crippen molar-refractivity contribution in [2.45, 2.75) is 6.61 Å². The number of allylic oxidation sites excluding steroid dienone is 1. The zero-order chi connectivity index (χ0) is 22.4. The van der Waals surface area contributed by atoms with E-state index in [0.29, 0.717) is 17.1 Å². The fourth-order valence-electron chi connectivity index (χ4n) is 2.88. The molecule has 0 aliphatic carbocycles. The van der Waals surface area contributed by atoms with Crippen molar-refractivity contribution in [2.75, 3.05) is 7.11 Å². The van der Waals surface area contributed by atoms with E-state index in [9.17, 15) is 14.4 Å². The molecule has 0 amide bonds. The predicted octanol–water partition coefficient (Wildman–Crippen LogP) is 5.78. The molecule has 5 nitrogen and oxygen atoms in total. The van der Waals surface area contributed by atoms with Crippen molar-refractivity contribution >= 4 is 40.2 Å². The molecule has 0 saturated heterocycles. The number of hydrogen-bond donors (Lipinski definition) is 1. The number of hydrogen-bond acceptors (Lipinski definition) is 4. The number of benzene rings is 3. The number of methoxy groups -OCH3 is 1. The highest BCUT2D eigenvalue weighted by molar-refractivity contribution is 14.1. The van der Waals surface area contributed by atoms with Crippen LogP contribution in [0.2, 0.25) is 0 Å². The van der Waals surface area contributed by atoms with Gasteiger partial charge in [-0.25, -0.2) is 9.18 Å². The molecule has 0 bridgehead atoms. The molecular formula is C24H17FINO4. The third-order valence-electron chi connectivity index (χ3n) is 4.43. The van der Waals surface area contributed by atoms with Crippen molar-refractivity contribution in [2.24, 2.45) is 0 Å². The molecule has 1 N–H and O–H groups in total.